The van der Waals surface area contributed by atoms with Gasteiger partial charge in [-0.3, -0.25) is 0 Å². The summed E-state index contributed by atoms with van der Waals surface area (Å²) in [4.78, 5) is 12.7. The number of aromatic nitrogens is 3. The molecule has 0 radical (unpaired) electrons. The van der Waals surface area contributed by atoms with Crippen LogP contribution >= 0.6 is 23.6 Å². The number of anilines is 1. The predicted octanol–water partition coefficient (Wildman–Crippen LogP) is 1.22. The largest absolute Gasteiger partial charge is 0.388 e. The zero-order valence-electron chi connectivity index (χ0n) is 8.96. The number of thiocarbonyl (C=S) groups is 1. The Balaban J connectivity index is 1.97. The van der Waals surface area contributed by atoms with E-state index >= 15 is 0 Å². The first kappa shape index (κ1) is 11.9. The van der Waals surface area contributed by atoms with Crippen molar-refractivity contribution in [2.75, 3.05) is 11.9 Å². The average molecular weight is 265 g/mol. The second-order valence-corrected chi connectivity index (χ2v) is 4.64. The van der Waals surface area contributed by atoms with Gasteiger partial charge in [-0.25, -0.2) is 15.0 Å². The Bertz CT molecular complexity index is 497. The van der Waals surface area contributed by atoms with Gasteiger partial charge in [-0.15, -0.1) is 11.3 Å². The zero-order valence-corrected chi connectivity index (χ0v) is 10.6. The molecule has 0 spiro atoms. The summed E-state index contributed by atoms with van der Waals surface area (Å²) in [5.74, 6) is 0.622. The summed E-state index contributed by atoms with van der Waals surface area (Å²) in [5, 5.41) is 6.20. The van der Waals surface area contributed by atoms with Crippen molar-refractivity contribution in [1.82, 2.24) is 15.0 Å². The fourth-order valence-electron chi connectivity index (χ4n) is 1.31. The van der Waals surface area contributed by atoms with Gasteiger partial charge in [0.05, 0.1) is 5.01 Å². The van der Waals surface area contributed by atoms with E-state index in [1.54, 1.807) is 29.9 Å². The summed E-state index contributed by atoms with van der Waals surface area (Å²) in [5.41, 5.74) is 6.09. The topological polar surface area (TPSA) is 76.7 Å². The molecule has 2 aromatic rings. The fourth-order valence-corrected chi connectivity index (χ4v) is 2.08. The number of hydrogen-bond acceptors (Lipinski definition) is 6. The number of hydrogen-bond donors (Lipinski definition) is 2. The van der Waals surface area contributed by atoms with E-state index in [1.165, 1.54) is 0 Å². The highest BCUT2D eigenvalue weighted by Gasteiger charge is 2.06. The SMILES string of the molecule is NC(=S)c1nccnc1NCCc1nccs1. The number of thiazole rings is 1. The quantitative estimate of drug-likeness (QED) is 0.792. The maximum Gasteiger partial charge on any atom is 0.155 e. The summed E-state index contributed by atoms with van der Waals surface area (Å²) < 4.78 is 0. The monoisotopic (exact) mass is 265 g/mol. The van der Waals surface area contributed by atoms with Crippen LogP contribution < -0.4 is 11.1 Å². The number of nitrogens with two attached hydrogens (primary N) is 1. The molecule has 0 saturated heterocycles. The van der Waals surface area contributed by atoms with Crippen LogP contribution in [0.15, 0.2) is 24.0 Å². The third-order valence-corrected chi connectivity index (χ3v) is 3.08. The molecule has 88 valence electrons. The third-order valence-electron chi connectivity index (χ3n) is 2.05. The fraction of sp³-hybridized carbons (Fsp3) is 0.200. The van der Waals surface area contributed by atoms with E-state index < -0.39 is 0 Å². The molecular formula is C10H11N5S2. The van der Waals surface area contributed by atoms with Crippen LogP contribution in [-0.4, -0.2) is 26.5 Å². The molecule has 0 amide bonds. The van der Waals surface area contributed by atoms with Crippen LogP contribution in [0.2, 0.25) is 0 Å². The lowest BCUT2D eigenvalue weighted by atomic mass is 10.3. The van der Waals surface area contributed by atoms with E-state index in [1.807, 2.05) is 5.38 Å². The van der Waals surface area contributed by atoms with Crippen molar-refractivity contribution in [1.29, 1.82) is 0 Å². The van der Waals surface area contributed by atoms with Crippen LogP contribution in [0, 0.1) is 0 Å². The Morgan fingerprint density at radius 3 is 2.82 bits per heavy atom. The predicted molar refractivity (Wildman–Crippen MR) is 72.2 cm³/mol. The van der Waals surface area contributed by atoms with Gasteiger partial charge in [0, 0.05) is 36.9 Å². The van der Waals surface area contributed by atoms with Crippen LogP contribution in [0.5, 0.6) is 0 Å². The summed E-state index contributed by atoms with van der Waals surface area (Å²) in [6, 6.07) is 0. The molecule has 3 N–H and O–H groups in total. The zero-order chi connectivity index (χ0) is 12.1. The van der Waals surface area contributed by atoms with Crippen LogP contribution in [0.4, 0.5) is 5.82 Å². The molecule has 0 aliphatic heterocycles. The van der Waals surface area contributed by atoms with E-state index in [2.05, 4.69) is 20.3 Å². The number of rotatable bonds is 5. The highest BCUT2D eigenvalue weighted by atomic mass is 32.1. The van der Waals surface area contributed by atoms with Gasteiger partial charge in [0.25, 0.3) is 0 Å². The lowest BCUT2D eigenvalue weighted by molar-refractivity contribution is 0.980. The van der Waals surface area contributed by atoms with Crippen molar-refractivity contribution in [2.24, 2.45) is 5.73 Å². The van der Waals surface area contributed by atoms with Gasteiger partial charge in [0.1, 0.15) is 10.7 Å². The molecule has 0 saturated carbocycles. The minimum Gasteiger partial charge on any atom is -0.388 e. The first-order chi connectivity index (χ1) is 8.27. The van der Waals surface area contributed by atoms with Gasteiger partial charge in [0.15, 0.2) is 5.82 Å². The Morgan fingerprint density at radius 2 is 2.12 bits per heavy atom. The van der Waals surface area contributed by atoms with Gasteiger partial charge >= 0.3 is 0 Å². The molecule has 0 bridgehead atoms. The normalized spacial score (nSPS) is 10.1. The van der Waals surface area contributed by atoms with Crippen molar-refractivity contribution < 1.29 is 0 Å². The molecule has 0 fully saturated rings. The van der Waals surface area contributed by atoms with Crippen LogP contribution in [0.25, 0.3) is 0 Å². The maximum atomic E-state index is 5.56. The van der Waals surface area contributed by atoms with Crippen molar-refractivity contribution >= 4 is 34.4 Å². The molecular weight excluding hydrogens is 254 g/mol. The standard InChI is InChI=1S/C10H11N5S2/c11-9(16)8-10(15-4-3-13-8)14-2-1-7-12-5-6-17-7/h3-6H,1-2H2,(H2,11,16)(H,14,15). The Kier molecular flexibility index (Phi) is 3.94. The van der Waals surface area contributed by atoms with Crippen LogP contribution in [0.1, 0.15) is 10.7 Å². The third kappa shape index (κ3) is 3.18. The summed E-state index contributed by atoms with van der Waals surface area (Å²) >= 11 is 6.54. The molecule has 0 unspecified atom stereocenters. The first-order valence-electron chi connectivity index (χ1n) is 5.00. The number of nitrogens with zero attached hydrogens (tertiary/aromatic N) is 3. The van der Waals surface area contributed by atoms with E-state index in [0.717, 1.165) is 18.0 Å². The van der Waals surface area contributed by atoms with Crippen molar-refractivity contribution in [3.05, 3.63) is 34.7 Å². The van der Waals surface area contributed by atoms with E-state index in [4.69, 9.17) is 18.0 Å². The van der Waals surface area contributed by atoms with Crippen molar-refractivity contribution in [3.8, 4) is 0 Å². The van der Waals surface area contributed by atoms with E-state index in [9.17, 15) is 0 Å². The molecule has 0 aliphatic carbocycles. The first-order valence-corrected chi connectivity index (χ1v) is 6.29. The van der Waals surface area contributed by atoms with Crippen LogP contribution in [-0.2, 0) is 6.42 Å². The lowest BCUT2D eigenvalue weighted by Gasteiger charge is -2.07. The smallest absolute Gasteiger partial charge is 0.155 e. The second-order valence-electron chi connectivity index (χ2n) is 3.22. The van der Waals surface area contributed by atoms with Crippen LogP contribution in [0.3, 0.4) is 0 Å². The Morgan fingerprint density at radius 1 is 1.29 bits per heavy atom. The molecule has 2 aromatic heterocycles. The summed E-state index contributed by atoms with van der Waals surface area (Å²) in [6.45, 7) is 0.724. The van der Waals surface area contributed by atoms with Gasteiger partial charge in [-0.2, -0.15) is 0 Å². The molecule has 5 nitrogen and oxygen atoms in total. The molecule has 0 aliphatic rings. The molecule has 17 heavy (non-hydrogen) atoms. The van der Waals surface area contributed by atoms with Gasteiger partial charge in [-0.05, 0) is 0 Å². The molecule has 2 heterocycles. The van der Waals surface area contributed by atoms with Crippen molar-refractivity contribution in [2.45, 2.75) is 6.42 Å². The minimum atomic E-state index is 0.245. The molecule has 2 rings (SSSR count). The summed E-state index contributed by atoms with van der Waals surface area (Å²) in [6.07, 6.45) is 5.81. The molecule has 7 heteroatoms. The number of nitrogens with one attached hydrogen (secondary N) is 1. The minimum absolute atomic E-state index is 0.245. The van der Waals surface area contributed by atoms with E-state index in [0.29, 0.717) is 11.5 Å². The lowest BCUT2D eigenvalue weighted by Crippen LogP contribution is -2.17. The van der Waals surface area contributed by atoms with E-state index in [-0.39, 0.29) is 4.99 Å². The highest BCUT2D eigenvalue weighted by Crippen LogP contribution is 2.09. The van der Waals surface area contributed by atoms with Gasteiger partial charge in [-0.1, -0.05) is 12.2 Å². The highest BCUT2D eigenvalue weighted by molar-refractivity contribution is 7.80. The maximum absolute atomic E-state index is 5.56. The Hall–Kier alpha value is -1.60. The van der Waals surface area contributed by atoms with Gasteiger partial charge in [0.2, 0.25) is 0 Å². The van der Waals surface area contributed by atoms with Crippen molar-refractivity contribution in [3.63, 3.8) is 0 Å². The average Bonchev–Trinajstić information content (AvgIpc) is 2.82. The Labute approximate surface area is 108 Å². The second kappa shape index (κ2) is 5.65. The van der Waals surface area contributed by atoms with Gasteiger partial charge < -0.3 is 11.1 Å². The molecule has 0 atom stereocenters. The molecule has 0 aromatic carbocycles. The summed E-state index contributed by atoms with van der Waals surface area (Å²) in [7, 11) is 0.